The first kappa shape index (κ1) is 18.5. The highest BCUT2D eigenvalue weighted by Crippen LogP contribution is 2.00. The number of amides is 2. The van der Waals surface area contributed by atoms with Crippen molar-refractivity contribution in [3.05, 3.63) is 35.9 Å². The minimum Gasteiger partial charge on any atom is -0.445 e. The predicted molar refractivity (Wildman–Crippen MR) is 83.0 cm³/mol. The number of hydroxylamine groups is 1. The lowest BCUT2D eigenvalue weighted by atomic mass is 10.2. The van der Waals surface area contributed by atoms with Crippen molar-refractivity contribution in [3.8, 4) is 0 Å². The summed E-state index contributed by atoms with van der Waals surface area (Å²) in [7, 11) is 0. The minimum absolute atomic E-state index is 0.137. The van der Waals surface area contributed by atoms with Crippen molar-refractivity contribution in [2.24, 2.45) is 0 Å². The molecule has 2 N–H and O–H groups in total. The van der Waals surface area contributed by atoms with Gasteiger partial charge in [-0.25, -0.2) is 9.59 Å². The highest BCUT2D eigenvalue weighted by atomic mass is 16.7. The second kappa shape index (κ2) is 11.1. The largest absolute Gasteiger partial charge is 0.445 e. The van der Waals surface area contributed by atoms with E-state index in [-0.39, 0.29) is 19.4 Å². The van der Waals surface area contributed by atoms with E-state index in [1.54, 1.807) is 0 Å². The Kier molecular flexibility index (Phi) is 8.88. The van der Waals surface area contributed by atoms with Crippen LogP contribution in [-0.2, 0) is 25.8 Å². The van der Waals surface area contributed by atoms with Gasteiger partial charge in [0.15, 0.2) is 0 Å². The van der Waals surface area contributed by atoms with Crippen molar-refractivity contribution in [2.45, 2.75) is 39.2 Å². The van der Waals surface area contributed by atoms with E-state index in [0.29, 0.717) is 19.4 Å². The van der Waals surface area contributed by atoms with Crippen molar-refractivity contribution in [2.75, 3.05) is 6.54 Å². The predicted octanol–water partition coefficient (Wildman–Crippen LogP) is 2.07. The van der Waals surface area contributed by atoms with E-state index in [9.17, 15) is 14.4 Å². The average Bonchev–Trinajstić information content (AvgIpc) is 2.56. The molecule has 7 heteroatoms. The van der Waals surface area contributed by atoms with Gasteiger partial charge in [-0.05, 0) is 18.4 Å². The van der Waals surface area contributed by atoms with Crippen molar-refractivity contribution in [3.63, 3.8) is 0 Å². The molecule has 23 heavy (non-hydrogen) atoms. The van der Waals surface area contributed by atoms with Crippen molar-refractivity contribution >= 4 is 18.0 Å². The van der Waals surface area contributed by atoms with Gasteiger partial charge in [0.2, 0.25) is 0 Å². The lowest BCUT2D eigenvalue weighted by molar-refractivity contribution is -0.158. The Morgan fingerprint density at radius 2 is 1.83 bits per heavy atom. The Morgan fingerprint density at radius 3 is 2.52 bits per heavy atom. The molecule has 7 nitrogen and oxygen atoms in total. The van der Waals surface area contributed by atoms with E-state index < -0.39 is 18.0 Å². The Balaban J connectivity index is 2.04. The van der Waals surface area contributed by atoms with E-state index in [1.807, 2.05) is 37.3 Å². The molecule has 126 valence electrons. The van der Waals surface area contributed by atoms with Gasteiger partial charge in [0.1, 0.15) is 6.61 Å². The first-order valence-corrected chi connectivity index (χ1v) is 7.55. The van der Waals surface area contributed by atoms with Crippen LogP contribution in [0.3, 0.4) is 0 Å². The Labute approximate surface area is 135 Å². The molecule has 0 bridgehead atoms. The zero-order chi connectivity index (χ0) is 16.9. The summed E-state index contributed by atoms with van der Waals surface area (Å²) in [4.78, 5) is 38.4. The number of ether oxygens (including phenoxy) is 1. The molecule has 0 saturated carbocycles. The summed E-state index contributed by atoms with van der Waals surface area (Å²) in [5, 5.41) is 2.54. The van der Waals surface area contributed by atoms with Crippen LogP contribution in [0.2, 0.25) is 0 Å². The molecule has 0 spiro atoms. The molecule has 0 atom stereocenters. The van der Waals surface area contributed by atoms with Crippen LogP contribution in [0.15, 0.2) is 30.3 Å². The van der Waals surface area contributed by atoms with Gasteiger partial charge in [-0.3, -0.25) is 4.79 Å². The van der Waals surface area contributed by atoms with Gasteiger partial charge in [0.05, 0.1) is 0 Å². The van der Waals surface area contributed by atoms with Gasteiger partial charge >= 0.3 is 12.1 Å². The molecule has 0 saturated heterocycles. The third-order valence-corrected chi connectivity index (χ3v) is 2.80. The van der Waals surface area contributed by atoms with E-state index in [4.69, 9.17) is 4.74 Å². The third-order valence-electron chi connectivity index (χ3n) is 2.80. The second-order valence-corrected chi connectivity index (χ2v) is 4.84. The van der Waals surface area contributed by atoms with Gasteiger partial charge in [0, 0.05) is 19.4 Å². The first-order valence-electron chi connectivity index (χ1n) is 7.55. The first-order chi connectivity index (χ1) is 11.1. The molecule has 0 aliphatic rings. The average molecular weight is 322 g/mol. The molecule has 0 fully saturated rings. The fourth-order valence-electron chi connectivity index (χ4n) is 1.63. The second-order valence-electron chi connectivity index (χ2n) is 4.84. The maximum absolute atomic E-state index is 11.4. The van der Waals surface area contributed by atoms with E-state index in [0.717, 1.165) is 5.56 Å². The normalized spacial score (nSPS) is 9.78. The lowest BCUT2D eigenvalue weighted by Gasteiger charge is -2.07. The summed E-state index contributed by atoms with van der Waals surface area (Å²) in [5.41, 5.74) is 2.97. The van der Waals surface area contributed by atoms with Crippen LogP contribution in [0.25, 0.3) is 0 Å². The Bertz CT molecular complexity index is 504. The van der Waals surface area contributed by atoms with Gasteiger partial charge < -0.3 is 14.9 Å². The lowest BCUT2D eigenvalue weighted by Crippen LogP contribution is -2.29. The summed E-state index contributed by atoms with van der Waals surface area (Å²) in [5.74, 6) is -0.877. The topological polar surface area (TPSA) is 93.7 Å². The molecule has 0 aliphatic heterocycles. The molecular weight excluding hydrogens is 300 g/mol. The Hall–Kier alpha value is -2.57. The van der Waals surface area contributed by atoms with Crippen LogP contribution < -0.4 is 10.8 Å². The zero-order valence-corrected chi connectivity index (χ0v) is 13.2. The van der Waals surface area contributed by atoms with Gasteiger partial charge in [0.25, 0.3) is 5.91 Å². The van der Waals surface area contributed by atoms with Crippen LogP contribution in [0.4, 0.5) is 4.79 Å². The summed E-state index contributed by atoms with van der Waals surface area (Å²) in [6, 6.07) is 9.33. The van der Waals surface area contributed by atoms with Crippen molar-refractivity contribution in [1.82, 2.24) is 10.8 Å². The number of alkyl carbamates (subject to hydrolysis) is 1. The molecule has 0 heterocycles. The number of benzene rings is 1. The molecule has 1 rings (SSSR count). The fourth-order valence-corrected chi connectivity index (χ4v) is 1.63. The molecule has 0 unspecified atom stereocenters. The molecular formula is C16H22N2O5. The molecule has 1 aromatic rings. The van der Waals surface area contributed by atoms with Crippen molar-refractivity contribution < 1.29 is 24.0 Å². The Morgan fingerprint density at radius 1 is 1.09 bits per heavy atom. The molecule has 2 amide bonds. The number of hydrogen-bond acceptors (Lipinski definition) is 5. The number of nitrogens with one attached hydrogen (secondary N) is 2. The number of hydrogen-bond donors (Lipinski definition) is 2. The summed E-state index contributed by atoms with van der Waals surface area (Å²) in [6.45, 7) is 2.33. The standard InChI is InChI=1S/C16H22N2O5/c1-2-7-15(20)23-18-14(19)10-6-11-17-16(21)22-12-13-8-4-3-5-9-13/h3-5,8-9H,2,6-7,10-12H2,1H3,(H,17,21)(H,18,19). The van der Waals surface area contributed by atoms with E-state index in [2.05, 4.69) is 15.6 Å². The quantitative estimate of drug-likeness (QED) is 0.564. The molecule has 0 radical (unpaired) electrons. The van der Waals surface area contributed by atoms with Gasteiger partial charge in [-0.1, -0.05) is 37.3 Å². The summed E-state index contributed by atoms with van der Waals surface area (Å²) >= 11 is 0. The van der Waals surface area contributed by atoms with Crippen LogP contribution in [0, 0.1) is 0 Å². The molecule has 0 aromatic heterocycles. The highest BCUT2D eigenvalue weighted by molar-refractivity contribution is 5.77. The highest BCUT2D eigenvalue weighted by Gasteiger charge is 2.07. The van der Waals surface area contributed by atoms with Crippen LogP contribution in [0.1, 0.15) is 38.2 Å². The smallest absolute Gasteiger partial charge is 0.407 e. The number of carbonyl (C=O) groups excluding carboxylic acids is 3. The zero-order valence-electron chi connectivity index (χ0n) is 13.2. The van der Waals surface area contributed by atoms with Crippen LogP contribution in [0.5, 0.6) is 0 Å². The van der Waals surface area contributed by atoms with Gasteiger partial charge in [-0.15, -0.1) is 0 Å². The fraction of sp³-hybridized carbons (Fsp3) is 0.438. The number of carbonyl (C=O) groups is 3. The third kappa shape index (κ3) is 9.13. The van der Waals surface area contributed by atoms with Crippen molar-refractivity contribution in [1.29, 1.82) is 0 Å². The monoisotopic (exact) mass is 322 g/mol. The summed E-state index contributed by atoms with van der Waals surface area (Å²) in [6.07, 6.45) is 0.929. The minimum atomic E-state index is -0.538. The summed E-state index contributed by atoms with van der Waals surface area (Å²) < 4.78 is 5.02. The van der Waals surface area contributed by atoms with E-state index in [1.165, 1.54) is 0 Å². The number of rotatable bonds is 8. The van der Waals surface area contributed by atoms with Gasteiger partial charge in [-0.2, -0.15) is 5.48 Å². The SMILES string of the molecule is CCCC(=O)ONC(=O)CCCNC(=O)OCc1ccccc1. The maximum atomic E-state index is 11.4. The molecule has 1 aromatic carbocycles. The van der Waals surface area contributed by atoms with Crippen LogP contribution in [-0.4, -0.2) is 24.5 Å². The van der Waals surface area contributed by atoms with E-state index >= 15 is 0 Å². The van der Waals surface area contributed by atoms with Crippen LogP contribution >= 0.6 is 0 Å². The maximum Gasteiger partial charge on any atom is 0.407 e. The molecule has 0 aliphatic carbocycles.